The Bertz CT molecular complexity index is 1010. The van der Waals surface area contributed by atoms with Crippen molar-refractivity contribution >= 4 is 21.9 Å². The third-order valence-corrected chi connectivity index (χ3v) is 5.49. The number of nitrogens with one attached hydrogen (secondary N) is 1. The highest BCUT2D eigenvalue weighted by Crippen LogP contribution is 2.37. The summed E-state index contributed by atoms with van der Waals surface area (Å²) in [7, 11) is 0. The molecule has 0 saturated carbocycles. The maximum Gasteiger partial charge on any atom is 0.134 e. The molecule has 0 fully saturated rings. The van der Waals surface area contributed by atoms with Crippen molar-refractivity contribution < 1.29 is 4.42 Å². The number of nitrogens with zero attached hydrogens (tertiary/aromatic N) is 1. The van der Waals surface area contributed by atoms with Crippen LogP contribution in [-0.2, 0) is 13.0 Å². The van der Waals surface area contributed by atoms with E-state index in [1.54, 1.807) is 0 Å². The maximum atomic E-state index is 6.06. The normalized spacial score (nSPS) is 18.0. The fourth-order valence-corrected chi connectivity index (χ4v) is 4.33. The Morgan fingerprint density at radius 2 is 1.96 bits per heavy atom. The number of H-pyrrole nitrogens is 1. The summed E-state index contributed by atoms with van der Waals surface area (Å²) in [6, 6.07) is 19.5. The molecule has 0 aliphatic carbocycles. The summed E-state index contributed by atoms with van der Waals surface area (Å²) >= 11 is 0. The number of fused-ring (bicyclic) bond motifs is 4. The zero-order valence-corrected chi connectivity index (χ0v) is 14.5. The lowest BCUT2D eigenvalue weighted by molar-refractivity contribution is 0.157. The second-order valence-electron chi connectivity index (χ2n) is 6.96. The first-order chi connectivity index (χ1) is 12.3. The molecule has 4 aromatic rings. The molecule has 2 aromatic carbocycles. The van der Waals surface area contributed by atoms with Gasteiger partial charge in [-0.3, -0.25) is 4.90 Å². The summed E-state index contributed by atoms with van der Waals surface area (Å²) in [6.45, 7) is 4.21. The summed E-state index contributed by atoms with van der Waals surface area (Å²) < 4.78 is 6.06. The molecular weight excluding hydrogens is 308 g/mol. The molecule has 25 heavy (non-hydrogen) atoms. The molecule has 1 aliphatic heterocycles. The van der Waals surface area contributed by atoms with Crippen LogP contribution >= 0.6 is 0 Å². The smallest absolute Gasteiger partial charge is 0.134 e. The highest BCUT2D eigenvalue weighted by Gasteiger charge is 2.29. The van der Waals surface area contributed by atoms with E-state index in [0.717, 1.165) is 37.3 Å². The Morgan fingerprint density at radius 3 is 2.84 bits per heavy atom. The van der Waals surface area contributed by atoms with Gasteiger partial charge in [0.1, 0.15) is 11.3 Å². The van der Waals surface area contributed by atoms with Crippen LogP contribution in [0.25, 0.3) is 21.9 Å². The molecule has 0 spiro atoms. The SMILES string of the molecule is CCC1c2[nH]c3ccccc3c2CCN1Cc1cc2ccccc2o1. The first-order valence-electron chi connectivity index (χ1n) is 9.14. The quantitative estimate of drug-likeness (QED) is 0.543. The minimum Gasteiger partial charge on any atom is -0.460 e. The summed E-state index contributed by atoms with van der Waals surface area (Å²) in [5, 5.41) is 2.58. The summed E-state index contributed by atoms with van der Waals surface area (Å²) in [5.41, 5.74) is 5.14. The van der Waals surface area contributed by atoms with Gasteiger partial charge >= 0.3 is 0 Å². The molecule has 1 atom stereocenters. The van der Waals surface area contributed by atoms with E-state index in [0.29, 0.717) is 6.04 Å². The summed E-state index contributed by atoms with van der Waals surface area (Å²) in [4.78, 5) is 6.24. The molecule has 0 bridgehead atoms. The average Bonchev–Trinajstić information content (AvgIpc) is 3.21. The molecule has 126 valence electrons. The van der Waals surface area contributed by atoms with Crippen LogP contribution in [0.1, 0.15) is 36.4 Å². The van der Waals surface area contributed by atoms with Crippen LogP contribution in [0.5, 0.6) is 0 Å². The number of aromatic amines is 1. The topological polar surface area (TPSA) is 32.2 Å². The second-order valence-corrected chi connectivity index (χ2v) is 6.96. The van der Waals surface area contributed by atoms with Gasteiger partial charge in [-0.2, -0.15) is 0 Å². The number of hydrogen-bond acceptors (Lipinski definition) is 2. The van der Waals surface area contributed by atoms with E-state index >= 15 is 0 Å². The Hall–Kier alpha value is -2.52. The van der Waals surface area contributed by atoms with Gasteiger partial charge in [0.25, 0.3) is 0 Å². The van der Waals surface area contributed by atoms with E-state index in [1.807, 2.05) is 12.1 Å². The van der Waals surface area contributed by atoms with Gasteiger partial charge in [-0.1, -0.05) is 43.3 Å². The number of aromatic nitrogens is 1. The molecule has 2 aromatic heterocycles. The molecule has 0 radical (unpaired) electrons. The predicted octanol–water partition coefficient (Wildman–Crippen LogP) is 5.42. The van der Waals surface area contributed by atoms with E-state index in [1.165, 1.54) is 27.5 Å². The van der Waals surface area contributed by atoms with Crippen molar-refractivity contribution in [1.82, 2.24) is 9.88 Å². The van der Waals surface area contributed by atoms with Crippen molar-refractivity contribution in [1.29, 1.82) is 0 Å². The first-order valence-corrected chi connectivity index (χ1v) is 9.14. The Kier molecular flexibility index (Phi) is 3.42. The lowest BCUT2D eigenvalue weighted by Gasteiger charge is -2.34. The van der Waals surface area contributed by atoms with Crippen molar-refractivity contribution in [3.8, 4) is 0 Å². The van der Waals surface area contributed by atoms with Gasteiger partial charge in [0.15, 0.2) is 0 Å². The number of furan rings is 1. The van der Waals surface area contributed by atoms with Gasteiger partial charge in [0, 0.05) is 28.5 Å². The number of rotatable bonds is 3. The van der Waals surface area contributed by atoms with Gasteiger partial charge in [0.05, 0.1) is 12.6 Å². The zero-order chi connectivity index (χ0) is 16.8. The minimum atomic E-state index is 0.421. The molecule has 3 heteroatoms. The van der Waals surface area contributed by atoms with E-state index < -0.39 is 0 Å². The van der Waals surface area contributed by atoms with Crippen molar-refractivity contribution in [3.63, 3.8) is 0 Å². The predicted molar refractivity (Wildman–Crippen MR) is 102 cm³/mol. The monoisotopic (exact) mass is 330 g/mol. The van der Waals surface area contributed by atoms with Crippen molar-refractivity contribution in [3.05, 3.63) is 71.6 Å². The summed E-state index contributed by atoms with van der Waals surface area (Å²) in [6.07, 6.45) is 2.19. The lowest BCUT2D eigenvalue weighted by atomic mass is 9.95. The number of para-hydroxylation sites is 2. The molecule has 5 rings (SSSR count). The van der Waals surface area contributed by atoms with Crippen molar-refractivity contribution in [2.45, 2.75) is 32.4 Å². The van der Waals surface area contributed by atoms with Crippen molar-refractivity contribution in [2.24, 2.45) is 0 Å². The van der Waals surface area contributed by atoms with Gasteiger partial charge in [0.2, 0.25) is 0 Å². The van der Waals surface area contributed by atoms with E-state index in [2.05, 4.69) is 59.3 Å². The third-order valence-electron chi connectivity index (χ3n) is 5.49. The zero-order valence-electron chi connectivity index (χ0n) is 14.5. The highest BCUT2D eigenvalue weighted by atomic mass is 16.3. The molecule has 1 aliphatic rings. The lowest BCUT2D eigenvalue weighted by Crippen LogP contribution is -2.34. The van der Waals surface area contributed by atoms with E-state index in [9.17, 15) is 0 Å². The van der Waals surface area contributed by atoms with Gasteiger partial charge in [-0.05, 0) is 36.6 Å². The molecular formula is C22H22N2O. The van der Waals surface area contributed by atoms with Crippen LogP contribution in [0.4, 0.5) is 0 Å². The molecule has 1 unspecified atom stereocenters. The fraction of sp³-hybridized carbons (Fsp3) is 0.273. The van der Waals surface area contributed by atoms with Crippen LogP contribution in [-0.4, -0.2) is 16.4 Å². The minimum absolute atomic E-state index is 0.421. The molecule has 0 amide bonds. The first kappa shape index (κ1) is 14.8. The number of hydrogen-bond donors (Lipinski definition) is 1. The Labute approximate surface area is 147 Å². The molecule has 0 saturated heterocycles. The number of benzene rings is 2. The van der Waals surface area contributed by atoms with Crippen LogP contribution in [0.15, 0.2) is 59.0 Å². The van der Waals surface area contributed by atoms with Gasteiger partial charge in [-0.25, -0.2) is 0 Å². The largest absolute Gasteiger partial charge is 0.460 e. The van der Waals surface area contributed by atoms with Crippen molar-refractivity contribution in [2.75, 3.05) is 6.54 Å². The highest BCUT2D eigenvalue weighted by molar-refractivity contribution is 5.85. The van der Waals surface area contributed by atoms with Crippen LogP contribution < -0.4 is 0 Å². The van der Waals surface area contributed by atoms with Crippen LogP contribution in [0, 0.1) is 0 Å². The Balaban J connectivity index is 1.50. The second kappa shape index (κ2) is 5.78. The third kappa shape index (κ3) is 2.38. The van der Waals surface area contributed by atoms with E-state index in [4.69, 9.17) is 4.42 Å². The molecule has 1 N–H and O–H groups in total. The fourth-order valence-electron chi connectivity index (χ4n) is 4.33. The van der Waals surface area contributed by atoms with Crippen LogP contribution in [0.3, 0.4) is 0 Å². The molecule has 3 heterocycles. The van der Waals surface area contributed by atoms with Gasteiger partial charge < -0.3 is 9.40 Å². The molecule has 3 nitrogen and oxygen atoms in total. The van der Waals surface area contributed by atoms with Crippen LogP contribution in [0.2, 0.25) is 0 Å². The maximum absolute atomic E-state index is 6.06. The van der Waals surface area contributed by atoms with E-state index in [-0.39, 0.29) is 0 Å². The average molecular weight is 330 g/mol. The summed E-state index contributed by atoms with van der Waals surface area (Å²) in [5.74, 6) is 1.05. The van der Waals surface area contributed by atoms with Gasteiger partial charge in [-0.15, -0.1) is 0 Å². The Morgan fingerprint density at radius 1 is 1.12 bits per heavy atom. The standard InChI is InChI=1S/C22H22N2O/c1-2-20-22-18(17-8-4-5-9-19(17)23-22)11-12-24(20)14-16-13-15-7-3-6-10-21(15)25-16/h3-10,13,20,23H,2,11-12,14H2,1H3.